The van der Waals surface area contributed by atoms with Crippen LogP contribution in [0.4, 0.5) is 93.5 Å². The molecule has 76 heavy (non-hydrogen) atoms. The van der Waals surface area contributed by atoms with Gasteiger partial charge in [-0.15, -0.1) is 21.9 Å². The fraction of sp³-hybridized carbons (Fsp3) is 0.173. The smallest absolute Gasteiger partial charge is 0.203 e. The third-order valence-electron chi connectivity index (χ3n) is 13.1. The summed E-state index contributed by atoms with van der Waals surface area (Å²) in [5, 5.41) is 2.37. The van der Waals surface area contributed by atoms with Crippen LogP contribution >= 0.6 is 0 Å². The predicted octanol–water partition coefficient (Wildman–Crippen LogP) is 12.0. The van der Waals surface area contributed by atoms with Crippen molar-refractivity contribution in [2.24, 2.45) is 0 Å². The Hall–Kier alpha value is -7.53. The number of rotatable bonds is 10. The third kappa shape index (κ3) is 8.65. The maximum Gasteiger partial charge on any atom is 0.203 e. The molecule has 6 aromatic rings. The van der Waals surface area contributed by atoms with E-state index in [4.69, 9.17) is 4.42 Å². The van der Waals surface area contributed by atoms with Crippen molar-refractivity contribution in [2.45, 2.75) is 34.6 Å². The van der Waals surface area contributed by atoms with Crippen LogP contribution in [0.5, 0.6) is 0 Å². The molecule has 0 spiro atoms. The summed E-state index contributed by atoms with van der Waals surface area (Å²) in [7, 11) is 0. The van der Waals surface area contributed by atoms with Gasteiger partial charge in [0.2, 0.25) is 5.36 Å². The number of aryl methyl sites for hydroxylation is 1. The molecule has 0 saturated heterocycles. The van der Waals surface area contributed by atoms with E-state index in [9.17, 15) is 52.7 Å². The lowest BCUT2D eigenvalue weighted by Gasteiger charge is -2.44. The van der Waals surface area contributed by atoms with Gasteiger partial charge in [0, 0.05) is 47.4 Å². The first-order valence-corrected chi connectivity index (χ1v) is 22.4. The van der Waals surface area contributed by atoms with Crippen LogP contribution in [0.2, 0.25) is 0 Å². The maximum absolute atomic E-state index is 15.4. The monoisotopic (exact) mass is 1090 g/mol. The predicted molar refractivity (Wildman–Crippen MR) is 242 cm³/mol. The topological polar surface area (TPSA) is 19.4 Å². The largest absolute Gasteiger partial charge is 0.456 e. The Morgan fingerprint density at radius 3 is 1.11 bits per heavy atom. The lowest BCUT2D eigenvalue weighted by Crippen LogP contribution is -2.81. The fourth-order valence-corrected chi connectivity index (χ4v) is 9.46. The molecule has 1 heterocycles. The summed E-state index contributed by atoms with van der Waals surface area (Å²) in [4.78, 5) is 2.36. The zero-order chi connectivity index (χ0) is 56.3. The first-order valence-electron chi connectivity index (χ1n) is 22.4. The molecule has 0 fully saturated rings. The number of nitrogens with zero attached hydrogens (tertiary/aromatic N) is 2. The van der Waals surface area contributed by atoms with E-state index in [2.05, 4.69) is 105 Å². The van der Waals surface area contributed by atoms with E-state index < -0.39 is 144 Å². The van der Waals surface area contributed by atoms with Gasteiger partial charge in [-0.3, -0.25) is 0 Å². The summed E-state index contributed by atoms with van der Waals surface area (Å²) < 4.78 is 303. The summed E-state index contributed by atoms with van der Waals surface area (Å²) in [5.41, 5.74) is -7.23. The zero-order valence-electron chi connectivity index (χ0n) is 39.5. The number of fused-ring (bicyclic) bond motifs is 2. The number of anilines is 1. The summed E-state index contributed by atoms with van der Waals surface area (Å²) in [6, 6.07) is 21.9. The third-order valence-corrected chi connectivity index (χ3v) is 13.1. The Morgan fingerprint density at radius 2 is 0.763 bits per heavy atom. The van der Waals surface area contributed by atoms with Crippen LogP contribution in [-0.4, -0.2) is 32.3 Å². The molecule has 0 unspecified atom stereocenters. The highest BCUT2D eigenvalue weighted by molar-refractivity contribution is 7.20. The molecule has 8 rings (SSSR count). The van der Waals surface area contributed by atoms with Gasteiger partial charge in [0.15, 0.2) is 69.8 Å². The van der Waals surface area contributed by atoms with Gasteiger partial charge in [-0.05, 0) is 63.9 Å². The summed E-state index contributed by atoms with van der Waals surface area (Å²) in [6.07, 6.45) is -7.22. The molecule has 1 aliphatic heterocycles. The minimum absolute atomic E-state index is 0.937. The van der Waals surface area contributed by atoms with E-state index in [0.717, 1.165) is 48.5 Å². The lowest BCUT2D eigenvalue weighted by molar-refractivity contribution is 0.378. The van der Waals surface area contributed by atoms with E-state index in [1.54, 1.807) is 0 Å². The molecule has 0 atom stereocenters. The number of hydrogen-bond donors (Lipinski definition) is 0. The van der Waals surface area contributed by atoms with Crippen molar-refractivity contribution in [3.8, 4) is 22.5 Å². The van der Waals surface area contributed by atoms with E-state index in [1.165, 1.54) is 27.7 Å². The van der Waals surface area contributed by atoms with Crippen molar-refractivity contribution in [1.29, 1.82) is 0 Å². The molecule has 400 valence electrons. The number of benzene rings is 7. The average Bonchev–Trinajstić information content (AvgIpc) is 3.57. The summed E-state index contributed by atoms with van der Waals surface area (Å²) >= 11 is 0. The maximum atomic E-state index is 15.4. The van der Waals surface area contributed by atoms with Crippen molar-refractivity contribution in [1.82, 2.24) is 4.58 Å². The molecule has 0 aromatic heterocycles. The molecule has 2 aliphatic rings. The quantitative estimate of drug-likeness (QED) is 0.0340. The molecule has 24 heteroatoms. The van der Waals surface area contributed by atoms with Gasteiger partial charge in [-0.2, -0.15) is 0 Å². The molecule has 0 radical (unpaired) electrons. The highest BCUT2D eigenvalue weighted by Crippen LogP contribution is 2.42. The molecular formula is C52H33BF20N2O. The van der Waals surface area contributed by atoms with Gasteiger partial charge >= 0.3 is 0 Å². The zero-order valence-corrected chi connectivity index (χ0v) is 39.5. The Bertz CT molecular complexity index is 3300. The van der Waals surface area contributed by atoms with Crippen LogP contribution in [-0.2, 0) is 0 Å². The van der Waals surface area contributed by atoms with Crippen LogP contribution in [0, 0.1) is 123 Å². The minimum Gasteiger partial charge on any atom is -0.456 e. The van der Waals surface area contributed by atoms with Gasteiger partial charge in [-0.1, -0.05) is 24.3 Å². The number of hydrogen-bond acceptors (Lipinski definition) is 2. The second-order valence-corrected chi connectivity index (χ2v) is 16.8. The SMILES string of the molecule is CCN(CC)c1ccc2c(-c3ccccc3C)c3ccc(=[N+](CC)CC)cc-3oc2c1.Fc1c(F)c(F)c([B-](c2c(F)c(F)c(F)c(F)c2F)(c2c(F)c(F)c(F)c(F)c2F)c2c(F)c(F)c(F)c(F)c2F)c(F)c1F. The standard InChI is InChI=1S/C28H33N2O.C24BF20/c1-6-29(7-2)21-14-16-24-26(18-21)31-27-19-22(30(8-3)9-4)15-17-25(27)28(24)23-13-11-10-12-20(23)5;26-5-1(6(27)14(35)21(42)13(5)34)25(2-7(28)15(36)22(43)16(37)8(2)29,3-9(30)17(38)23(44)18(39)10(3)31)4-11(32)19(40)24(45)20(41)12(4)33/h10-19H,6-9H2,1-5H3;/q+1;-1. The second-order valence-electron chi connectivity index (χ2n) is 16.8. The Morgan fingerprint density at radius 1 is 0.408 bits per heavy atom. The fourth-order valence-electron chi connectivity index (χ4n) is 9.46. The molecule has 1 aliphatic carbocycles. The van der Waals surface area contributed by atoms with Crippen molar-refractivity contribution in [3.63, 3.8) is 0 Å². The Labute approximate surface area is 416 Å². The molecule has 0 bridgehead atoms. The molecule has 0 N–H and O–H groups in total. The van der Waals surface area contributed by atoms with Crippen LogP contribution in [0.15, 0.2) is 65.1 Å². The minimum atomic E-state index is -7.22. The normalized spacial score (nSPS) is 11.7. The molecule has 0 saturated carbocycles. The first-order chi connectivity index (χ1) is 35.8. The Balaban J connectivity index is 0.000000236. The van der Waals surface area contributed by atoms with Crippen molar-refractivity contribution >= 4 is 44.7 Å². The van der Waals surface area contributed by atoms with Gasteiger partial charge in [0.25, 0.3) is 0 Å². The average molecular weight is 1090 g/mol. The Kier molecular flexibility index (Phi) is 15.7. The molecule has 6 aromatic carbocycles. The highest BCUT2D eigenvalue weighted by Gasteiger charge is 2.52. The van der Waals surface area contributed by atoms with Crippen LogP contribution in [0.25, 0.3) is 33.4 Å². The van der Waals surface area contributed by atoms with Gasteiger partial charge in [-0.25, -0.2) is 92.4 Å². The van der Waals surface area contributed by atoms with Crippen LogP contribution in [0.3, 0.4) is 0 Å². The lowest BCUT2D eigenvalue weighted by atomic mass is 9.12. The van der Waals surface area contributed by atoms with Gasteiger partial charge in [0.1, 0.15) is 77.1 Å². The first kappa shape index (κ1) is 56.2. The summed E-state index contributed by atoms with van der Waals surface area (Å²) in [6.45, 7) is 14.9. The molecular weight excluding hydrogens is 1060 g/mol. The summed E-state index contributed by atoms with van der Waals surface area (Å²) in [5.74, 6) is -70.5. The van der Waals surface area contributed by atoms with Crippen LogP contribution < -0.4 is 36.7 Å². The van der Waals surface area contributed by atoms with Crippen molar-refractivity contribution in [2.75, 3.05) is 31.1 Å². The van der Waals surface area contributed by atoms with Gasteiger partial charge < -0.3 is 9.32 Å². The highest BCUT2D eigenvalue weighted by atomic mass is 19.2. The van der Waals surface area contributed by atoms with Crippen molar-refractivity contribution in [3.05, 3.63) is 188 Å². The number of halogens is 20. The van der Waals surface area contributed by atoms with E-state index in [0.29, 0.717) is 0 Å². The molecule has 0 amide bonds. The second kappa shape index (κ2) is 21.2. The van der Waals surface area contributed by atoms with Crippen molar-refractivity contribution < 1.29 is 92.2 Å². The van der Waals surface area contributed by atoms with E-state index in [-0.39, 0.29) is 0 Å². The van der Waals surface area contributed by atoms with Crippen LogP contribution in [0.1, 0.15) is 33.3 Å². The molecule has 3 nitrogen and oxygen atoms in total. The van der Waals surface area contributed by atoms with E-state index in [1.807, 2.05) is 0 Å². The van der Waals surface area contributed by atoms with E-state index >= 15 is 35.1 Å². The van der Waals surface area contributed by atoms with Gasteiger partial charge in [0.05, 0.1) is 6.07 Å².